The molecule has 6 nitrogen and oxygen atoms in total. The van der Waals surface area contributed by atoms with Gasteiger partial charge in [0.15, 0.2) is 5.96 Å². The highest BCUT2D eigenvalue weighted by Gasteiger charge is 2.12. The smallest absolute Gasteiger partial charge is 0.191 e. The summed E-state index contributed by atoms with van der Waals surface area (Å²) in [4.78, 5) is 9.20. The van der Waals surface area contributed by atoms with Gasteiger partial charge in [0, 0.05) is 46.3 Å². The minimum absolute atomic E-state index is 0. The van der Waals surface area contributed by atoms with Crippen LogP contribution in [0.15, 0.2) is 29.3 Å². The van der Waals surface area contributed by atoms with E-state index >= 15 is 0 Å². The molecule has 27 heavy (non-hydrogen) atoms. The number of nitrogens with one attached hydrogen (secondary N) is 2. The number of hydrogen-bond donors (Lipinski definition) is 2. The van der Waals surface area contributed by atoms with E-state index in [0.29, 0.717) is 0 Å². The highest BCUT2D eigenvalue weighted by molar-refractivity contribution is 14.0. The summed E-state index contributed by atoms with van der Waals surface area (Å²) in [5.74, 6) is 0.860. The SMILES string of the molecule is CCN(CC)CCNC(=NC)NCc1ccccc1CN1CCOCC1.I. The molecule has 2 N–H and O–H groups in total. The monoisotopic (exact) mass is 489 g/mol. The van der Waals surface area contributed by atoms with Crippen LogP contribution in [0, 0.1) is 0 Å². The van der Waals surface area contributed by atoms with E-state index in [-0.39, 0.29) is 24.0 Å². The van der Waals surface area contributed by atoms with Gasteiger partial charge in [-0.1, -0.05) is 38.1 Å². The van der Waals surface area contributed by atoms with Crippen molar-refractivity contribution in [3.05, 3.63) is 35.4 Å². The van der Waals surface area contributed by atoms with Crippen LogP contribution in [0.25, 0.3) is 0 Å². The number of halogens is 1. The van der Waals surface area contributed by atoms with Gasteiger partial charge in [0.1, 0.15) is 0 Å². The Morgan fingerprint density at radius 3 is 2.41 bits per heavy atom. The van der Waals surface area contributed by atoms with E-state index in [1.807, 2.05) is 7.05 Å². The third-order valence-corrected chi connectivity index (χ3v) is 4.90. The zero-order valence-electron chi connectivity index (χ0n) is 17.0. The largest absolute Gasteiger partial charge is 0.379 e. The van der Waals surface area contributed by atoms with Crippen LogP contribution < -0.4 is 10.6 Å². The number of guanidine groups is 1. The molecule has 1 aliphatic rings. The van der Waals surface area contributed by atoms with Crippen LogP contribution in [-0.2, 0) is 17.8 Å². The van der Waals surface area contributed by atoms with Gasteiger partial charge in [-0.15, -0.1) is 24.0 Å². The second-order valence-corrected chi connectivity index (χ2v) is 6.54. The standard InChI is InChI=1S/C20H35N5O.HI/c1-4-24(5-2)11-10-22-20(21-3)23-16-18-8-6-7-9-19(18)17-25-12-14-26-15-13-25;/h6-9H,4-5,10-17H2,1-3H3,(H2,21,22,23);1H. The van der Waals surface area contributed by atoms with E-state index in [1.165, 1.54) is 11.1 Å². The third kappa shape index (κ3) is 8.76. The molecule has 7 heteroatoms. The molecule has 0 radical (unpaired) electrons. The summed E-state index contributed by atoms with van der Waals surface area (Å²) in [6, 6.07) is 8.65. The predicted molar refractivity (Wildman–Crippen MR) is 124 cm³/mol. The van der Waals surface area contributed by atoms with E-state index in [9.17, 15) is 0 Å². The molecule has 1 fully saturated rings. The highest BCUT2D eigenvalue weighted by Crippen LogP contribution is 2.12. The van der Waals surface area contributed by atoms with Crippen molar-refractivity contribution in [2.75, 3.05) is 59.5 Å². The molecule has 1 saturated heterocycles. The lowest BCUT2D eigenvalue weighted by Gasteiger charge is -2.27. The van der Waals surface area contributed by atoms with Crippen molar-refractivity contribution in [3.63, 3.8) is 0 Å². The van der Waals surface area contributed by atoms with Gasteiger partial charge in [0.05, 0.1) is 13.2 Å². The van der Waals surface area contributed by atoms with Crippen LogP contribution in [0.5, 0.6) is 0 Å². The molecular formula is C20H36IN5O. The van der Waals surface area contributed by atoms with Gasteiger partial charge in [-0.05, 0) is 24.2 Å². The van der Waals surface area contributed by atoms with Crippen LogP contribution in [0.4, 0.5) is 0 Å². The molecule has 1 heterocycles. The van der Waals surface area contributed by atoms with Gasteiger partial charge in [-0.2, -0.15) is 0 Å². The first kappa shape index (κ1) is 24.1. The number of rotatable bonds is 9. The van der Waals surface area contributed by atoms with Gasteiger partial charge in [0.2, 0.25) is 0 Å². The Morgan fingerprint density at radius 2 is 1.78 bits per heavy atom. The number of morpholine rings is 1. The summed E-state index contributed by atoms with van der Waals surface area (Å²) in [7, 11) is 1.83. The lowest BCUT2D eigenvalue weighted by atomic mass is 10.1. The quantitative estimate of drug-likeness (QED) is 0.317. The Hall–Kier alpha value is -0.900. The average molecular weight is 489 g/mol. The molecule has 0 aromatic heterocycles. The van der Waals surface area contributed by atoms with Crippen molar-refractivity contribution in [3.8, 4) is 0 Å². The number of aliphatic imine (C=N–C) groups is 1. The van der Waals surface area contributed by atoms with Gasteiger partial charge in [0.25, 0.3) is 0 Å². The first-order chi connectivity index (χ1) is 12.8. The van der Waals surface area contributed by atoms with Crippen LogP contribution in [0.3, 0.4) is 0 Å². The molecule has 0 unspecified atom stereocenters. The molecule has 1 aromatic carbocycles. The maximum Gasteiger partial charge on any atom is 0.191 e. The van der Waals surface area contributed by atoms with Crippen LogP contribution >= 0.6 is 24.0 Å². The predicted octanol–water partition coefficient (Wildman–Crippen LogP) is 2.14. The maximum absolute atomic E-state index is 5.45. The van der Waals surface area contributed by atoms with Gasteiger partial charge in [-0.3, -0.25) is 9.89 Å². The van der Waals surface area contributed by atoms with Crippen molar-refractivity contribution in [1.82, 2.24) is 20.4 Å². The molecule has 154 valence electrons. The van der Waals surface area contributed by atoms with Gasteiger partial charge in [-0.25, -0.2) is 0 Å². The Bertz CT molecular complexity index is 545. The zero-order chi connectivity index (χ0) is 18.6. The molecule has 0 atom stereocenters. The first-order valence-electron chi connectivity index (χ1n) is 9.80. The molecule has 1 aromatic rings. The number of likely N-dealkylation sites (N-methyl/N-ethyl adjacent to an activating group) is 1. The van der Waals surface area contributed by atoms with Crippen molar-refractivity contribution in [1.29, 1.82) is 0 Å². The Labute approximate surface area is 181 Å². The summed E-state index contributed by atoms with van der Waals surface area (Å²) < 4.78 is 5.45. The summed E-state index contributed by atoms with van der Waals surface area (Å²) in [6.07, 6.45) is 0. The second kappa shape index (κ2) is 14.1. The van der Waals surface area contributed by atoms with Crippen LogP contribution in [-0.4, -0.2) is 75.3 Å². The molecule has 0 bridgehead atoms. The number of nitrogens with zero attached hydrogens (tertiary/aromatic N) is 3. The van der Waals surface area contributed by atoms with Gasteiger partial charge >= 0.3 is 0 Å². The van der Waals surface area contributed by atoms with Gasteiger partial charge < -0.3 is 20.3 Å². The highest BCUT2D eigenvalue weighted by atomic mass is 127. The van der Waals surface area contributed by atoms with Crippen molar-refractivity contribution < 1.29 is 4.74 Å². The van der Waals surface area contributed by atoms with Crippen molar-refractivity contribution in [2.45, 2.75) is 26.9 Å². The second-order valence-electron chi connectivity index (χ2n) is 6.54. The van der Waals surface area contributed by atoms with E-state index < -0.39 is 0 Å². The van der Waals surface area contributed by atoms with E-state index in [2.05, 4.69) is 63.5 Å². The normalized spacial score (nSPS) is 15.5. The molecule has 0 amide bonds. The summed E-state index contributed by atoms with van der Waals surface area (Å²) in [6.45, 7) is 13.9. The molecule has 1 aliphatic heterocycles. The molecular weight excluding hydrogens is 453 g/mol. The fourth-order valence-corrected chi connectivity index (χ4v) is 3.16. The Balaban J connectivity index is 0.00000364. The minimum atomic E-state index is 0. The summed E-state index contributed by atoms with van der Waals surface area (Å²) in [5.41, 5.74) is 2.70. The lowest BCUT2D eigenvalue weighted by molar-refractivity contribution is 0.0341. The minimum Gasteiger partial charge on any atom is -0.379 e. The number of ether oxygens (including phenoxy) is 1. The fourth-order valence-electron chi connectivity index (χ4n) is 3.16. The molecule has 0 saturated carbocycles. The third-order valence-electron chi connectivity index (χ3n) is 4.90. The molecule has 0 aliphatic carbocycles. The molecule has 0 spiro atoms. The van der Waals surface area contributed by atoms with Crippen LogP contribution in [0.2, 0.25) is 0 Å². The van der Waals surface area contributed by atoms with E-state index in [4.69, 9.17) is 4.74 Å². The Morgan fingerprint density at radius 1 is 1.11 bits per heavy atom. The van der Waals surface area contributed by atoms with Crippen molar-refractivity contribution in [2.24, 2.45) is 4.99 Å². The molecule has 2 rings (SSSR count). The zero-order valence-corrected chi connectivity index (χ0v) is 19.4. The fraction of sp³-hybridized carbons (Fsp3) is 0.650. The number of hydrogen-bond acceptors (Lipinski definition) is 4. The summed E-state index contributed by atoms with van der Waals surface area (Å²) in [5, 5.41) is 6.86. The maximum atomic E-state index is 5.45. The topological polar surface area (TPSA) is 52.1 Å². The van der Waals surface area contributed by atoms with Crippen LogP contribution in [0.1, 0.15) is 25.0 Å². The average Bonchev–Trinajstić information content (AvgIpc) is 2.69. The lowest BCUT2D eigenvalue weighted by Crippen LogP contribution is -2.41. The number of benzene rings is 1. The van der Waals surface area contributed by atoms with E-state index in [0.717, 1.165) is 71.5 Å². The first-order valence-corrected chi connectivity index (χ1v) is 9.80. The summed E-state index contributed by atoms with van der Waals surface area (Å²) >= 11 is 0. The Kier molecular flexibility index (Phi) is 12.6. The van der Waals surface area contributed by atoms with E-state index in [1.54, 1.807) is 0 Å². The van der Waals surface area contributed by atoms with Crippen molar-refractivity contribution >= 4 is 29.9 Å².